The summed E-state index contributed by atoms with van der Waals surface area (Å²) in [7, 11) is 1.42. The molecule has 0 aliphatic rings. The second kappa shape index (κ2) is 6.65. The van der Waals surface area contributed by atoms with E-state index >= 15 is 0 Å². The molecule has 0 spiro atoms. The summed E-state index contributed by atoms with van der Waals surface area (Å²) in [6.45, 7) is 0.177. The van der Waals surface area contributed by atoms with Crippen molar-refractivity contribution in [2.24, 2.45) is 0 Å². The lowest BCUT2D eigenvalue weighted by Gasteiger charge is -2.14. The monoisotopic (exact) mass is 256 g/mol. The number of hydrogen-bond donors (Lipinski definition) is 2. The van der Waals surface area contributed by atoms with E-state index in [1.807, 2.05) is 0 Å². The Hall–Kier alpha value is -2.02. The number of amides is 1. The number of hydrogen-bond acceptors (Lipinski definition) is 4. The summed E-state index contributed by atoms with van der Waals surface area (Å²) in [6.07, 6.45) is 2.24. The zero-order valence-corrected chi connectivity index (χ0v) is 9.72. The molecule has 0 bridgehead atoms. The normalized spacial score (nSPS) is 11.9. The number of carbonyl (C=O) groups is 2. The van der Waals surface area contributed by atoms with Crippen LogP contribution in [0.2, 0.25) is 0 Å². The van der Waals surface area contributed by atoms with Gasteiger partial charge in [0, 0.05) is 26.3 Å². The van der Waals surface area contributed by atoms with E-state index in [2.05, 4.69) is 10.3 Å². The number of halogens is 1. The van der Waals surface area contributed by atoms with Crippen LogP contribution in [0.1, 0.15) is 16.8 Å². The third-order valence-corrected chi connectivity index (χ3v) is 2.23. The van der Waals surface area contributed by atoms with E-state index < -0.39 is 23.7 Å². The molecule has 0 fully saturated rings. The fourth-order valence-electron chi connectivity index (χ4n) is 1.29. The average molecular weight is 256 g/mol. The van der Waals surface area contributed by atoms with Crippen LogP contribution in [0.25, 0.3) is 0 Å². The second-order valence-corrected chi connectivity index (χ2v) is 3.50. The Labute approximate surface area is 103 Å². The number of rotatable bonds is 6. The van der Waals surface area contributed by atoms with E-state index in [4.69, 9.17) is 9.84 Å². The molecule has 2 N–H and O–H groups in total. The lowest BCUT2D eigenvalue weighted by atomic mass is 10.2. The molecule has 0 saturated carbocycles. The minimum atomic E-state index is -1.20. The van der Waals surface area contributed by atoms with E-state index in [1.54, 1.807) is 0 Å². The van der Waals surface area contributed by atoms with Crippen LogP contribution >= 0.6 is 0 Å². The first kappa shape index (κ1) is 14.0. The molecule has 1 amide bonds. The molecular formula is C11H13FN2O4. The van der Waals surface area contributed by atoms with Gasteiger partial charge in [-0.15, -0.1) is 0 Å². The third-order valence-electron chi connectivity index (χ3n) is 2.23. The first-order chi connectivity index (χ1) is 8.56. The van der Waals surface area contributed by atoms with Gasteiger partial charge < -0.3 is 15.2 Å². The van der Waals surface area contributed by atoms with Gasteiger partial charge in [0.05, 0.1) is 11.8 Å². The standard InChI is InChI=1S/C11H13FN2O4/c1-18-5-3-9(11(16)17)14-10(15)7-2-4-13-6-8(7)12/h2,4,6,9H,3,5H2,1H3,(H,14,15)(H,16,17). The number of aliphatic carboxylic acids is 1. The van der Waals surface area contributed by atoms with Gasteiger partial charge in [-0.2, -0.15) is 0 Å². The van der Waals surface area contributed by atoms with Gasteiger partial charge in [0.2, 0.25) is 0 Å². The van der Waals surface area contributed by atoms with Gasteiger partial charge in [0.1, 0.15) is 6.04 Å². The van der Waals surface area contributed by atoms with Gasteiger partial charge in [-0.25, -0.2) is 9.18 Å². The molecule has 0 aliphatic carbocycles. The largest absolute Gasteiger partial charge is 0.480 e. The van der Waals surface area contributed by atoms with Crippen molar-refractivity contribution in [2.45, 2.75) is 12.5 Å². The van der Waals surface area contributed by atoms with Crippen molar-refractivity contribution in [1.82, 2.24) is 10.3 Å². The Bertz CT molecular complexity index is 439. The van der Waals surface area contributed by atoms with Gasteiger partial charge in [0.15, 0.2) is 5.82 Å². The smallest absolute Gasteiger partial charge is 0.326 e. The van der Waals surface area contributed by atoms with Crippen LogP contribution < -0.4 is 5.32 Å². The second-order valence-electron chi connectivity index (χ2n) is 3.50. The first-order valence-corrected chi connectivity index (χ1v) is 5.18. The van der Waals surface area contributed by atoms with Gasteiger partial charge in [-0.05, 0) is 6.07 Å². The van der Waals surface area contributed by atoms with Crippen molar-refractivity contribution >= 4 is 11.9 Å². The number of methoxy groups -OCH3 is 1. The summed E-state index contributed by atoms with van der Waals surface area (Å²) in [5.41, 5.74) is -0.242. The Kier molecular flexibility index (Phi) is 5.19. The zero-order chi connectivity index (χ0) is 13.5. The quantitative estimate of drug-likeness (QED) is 0.771. The highest BCUT2D eigenvalue weighted by atomic mass is 19.1. The molecule has 98 valence electrons. The number of carbonyl (C=O) groups excluding carboxylic acids is 1. The van der Waals surface area contributed by atoms with Crippen molar-refractivity contribution < 1.29 is 23.8 Å². The van der Waals surface area contributed by atoms with Gasteiger partial charge in [-0.1, -0.05) is 0 Å². The number of pyridine rings is 1. The van der Waals surface area contributed by atoms with E-state index in [0.29, 0.717) is 0 Å². The van der Waals surface area contributed by atoms with Crippen LogP contribution in [0.4, 0.5) is 4.39 Å². The topological polar surface area (TPSA) is 88.5 Å². The number of nitrogens with zero attached hydrogens (tertiary/aromatic N) is 1. The minimum absolute atomic E-state index is 0.101. The van der Waals surface area contributed by atoms with Crippen LogP contribution in [0.15, 0.2) is 18.5 Å². The molecule has 0 radical (unpaired) electrons. The Morgan fingerprint density at radius 1 is 1.61 bits per heavy atom. The molecule has 1 rings (SSSR count). The molecule has 18 heavy (non-hydrogen) atoms. The summed E-state index contributed by atoms with van der Waals surface area (Å²) < 4.78 is 18.0. The molecule has 1 aromatic heterocycles. The molecular weight excluding hydrogens is 243 g/mol. The fourth-order valence-corrected chi connectivity index (χ4v) is 1.29. The van der Waals surface area contributed by atoms with Crippen molar-refractivity contribution in [2.75, 3.05) is 13.7 Å². The molecule has 6 nitrogen and oxygen atoms in total. The van der Waals surface area contributed by atoms with Gasteiger partial charge in [0.25, 0.3) is 5.91 Å². The molecule has 1 heterocycles. The summed E-state index contributed by atoms with van der Waals surface area (Å²) in [6, 6.07) is 0.0601. The molecule has 0 aromatic carbocycles. The predicted octanol–water partition coefficient (Wildman–Crippen LogP) is 0.440. The molecule has 1 unspecified atom stereocenters. The lowest BCUT2D eigenvalue weighted by Crippen LogP contribution is -2.41. The van der Waals surface area contributed by atoms with Crippen molar-refractivity contribution in [3.05, 3.63) is 29.8 Å². The van der Waals surface area contributed by atoms with E-state index in [9.17, 15) is 14.0 Å². The maximum atomic E-state index is 13.2. The van der Waals surface area contributed by atoms with Crippen molar-refractivity contribution in [3.8, 4) is 0 Å². The summed E-state index contributed by atoms with van der Waals surface area (Å²) in [5, 5.41) is 11.1. The van der Waals surface area contributed by atoms with E-state index in [-0.39, 0.29) is 18.6 Å². The number of nitrogens with one attached hydrogen (secondary N) is 1. The molecule has 1 atom stereocenters. The highest BCUT2D eigenvalue weighted by Gasteiger charge is 2.21. The maximum absolute atomic E-state index is 13.2. The fraction of sp³-hybridized carbons (Fsp3) is 0.364. The molecule has 0 aliphatic heterocycles. The first-order valence-electron chi connectivity index (χ1n) is 5.18. The van der Waals surface area contributed by atoms with Crippen LogP contribution in [0.3, 0.4) is 0 Å². The molecule has 7 heteroatoms. The SMILES string of the molecule is COCCC(NC(=O)c1ccncc1F)C(=O)O. The number of ether oxygens (including phenoxy) is 1. The molecule has 1 aromatic rings. The summed E-state index contributed by atoms with van der Waals surface area (Å²) in [4.78, 5) is 26.0. The Morgan fingerprint density at radius 2 is 2.33 bits per heavy atom. The highest BCUT2D eigenvalue weighted by Crippen LogP contribution is 2.05. The number of carboxylic acid groups (broad SMARTS) is 1. The van der Waals surface area contributed by atoms with Crippen LogP contribution in [0, 0.1) is 5.82 Å². The van der Waals surface area contributed by atoms with Crippen molar-refractivity contribution in [3.63, 3.8) is 0 Å². The average Bonchev–Trinajstić information content (AvgIpc) is 2.34. The third kappa shape index (κ3) is 3.77. The van der Waals surface area contributed by atoms with E-state index in [0.717, 1.165) is 6.20 Å². The van der Waals surface area contributed by atoms with Crippen molar-refractivity contribution in [1.29, 1.82) is 0 Å². The van der Waals surface area contributed by atoms with Crippen LogP contribution in [-0.2, 0) is 9.53 Å². The lowest BCUT2D eigenvalue weighted by molar-refractivity contribution is -0.139. The van der Waals surface area contributed by atoms with Crippen LogP contribution in [0.5, 0.6) is 0 Å². The zero-order valence-electron chi connectivity index (χ0n) is 9.72. The van der Waals surface area contributed by atoms with E-state index in [1.165, 1.54) is 19.4 Å². The summed E-state index contributed by atoms with van der Waals surface area (Å²) >= 11 is 0. The number of aromatic nitrogens is 1. The molecule has 0 saturated heterocycles. The van der Waals surface area contributed by atoms with Gasteiger partial charge >= 0.3 is 5.97 Å². The number of carboxylic acids is 1. The van der Waals surface area contributed by atoms with Crippen LogP contribution in [-0.4, -0.2) is 41.7 Å². The Balaban J connectivity index is 2.72. The summed E-state index contributed by atoms with van der Waals surface area (Å²) in [5.74, 6) is -2.79. The minimum Gasteiger partial charge on any atom is -0.480 e. The maximum Gasteiger partial charge on any atom is 0.326 e. The van der Waals surface area contributed by atoms with Gasteiger partial charge in [-0.3, -0.25) is 9.78 Å². The Morgan fingerprint density at radius 3 is 2.89 bits per heavy atom. The predicted molar refractivity (Wildman–Crippen MR) is 59.6 cm³/mol. The highest BCUT2D eigenvalue weighted by molar-refractivity contribution is 5.96.